The van der Waals surface area contributed by atoms with E-state index in [0.717, 1.165) is 77.0 Å². The van der Waals surface area contributed by atoms with Crippen molar-refractivity contribution in [3.63, 3.8) is 0 Å². The van der Waals surface area contributed by atoms with Crippen molar-refractivity contribution in [2.45, 2.75) is 259 Å². The van der Waals surface area contributed by atoms with Crippen LogP contribution in [-0.2, 0) is 36.0 Å². The largest absolute Gasteiger partial charge is 2.00 e. The van der Waals surface area contributed by atoms with Crippen LogP contribution in [0.3, 0.4) is 0 Å². The van der Waals surface area contributed by atoms with Gasteiger partial charge in [0.25, 0.3) is 0 Å². The number of carboxylic acids is 2. The molecule has 0 bridgehead atoms. The van der Waals surface area contributed by atoms with Gasteiger partial charge in [0.1, 0.15) is 11.9 Å². The Balaban J connectivity index is -0.000000926. The molecule has 7 heteroatoms. The van der Waals surface area contributed by atoms with Crippen molar-refractivity contribution in [2.24, 2.45) is 11.8 Å². The zero-order valence-electron chi connectivity index (χ0n) is 35.4. The fraction of sp³-hybridized carbons (Fsp3) is 0.913. The first kappa shape index (κ1) is 56.1. The van der Waals surface area contributed by atoms with Gasteiger partial charge in [0, 0.05) is 11.8 Å². The molecule has 0 heterocycles. The van der Waals surface area contributed by atoms with Gasteiger partial charge in [-0.3, -0.25) is 9.59 Å². The molecule has 0 unspecified atom stereocenters. The first-order valence-corrected chi connectivity index (χ1v) is 22.8. The van der Waals surface area contributed by atoms with E-state index in [0.29, 0.717) is 0 Å². The van der Waals surface area contributed by atoms with Crippen molar-refractivity contribution < 1.29 is 46.2 Å². The average molecular weight is 794 g/mol. The Kier molecular flexibility index (Phi) is 47.8. The summed E-state index contributed by atoms with van der Waals surface area (Å²) in [5.74, 6) is -4.96. The van der Waals surface area contributed by atoms with Crippen LogP contribution in [-0.4, -0.2) is 23.5 Å². The topological polar surface area (TPSA) is 114 Å². The molecule has 0 rings (SSSR count). The summed E-state index contributed by atoms with van der Waals surface area (Å²) in [5, 5.41) is 21.9. The second-order valence-corrected chi connectivity index (χ2v) is 15.8. The first-order valence-electron chi connectivity index (χ1n) is 22.8. The van der Waals surface area contributed by atoms with Gasteiger partial charge in [-0.15, -0.1) is 0 Å². The molecule has 0 aromatic rings. The van der Waals surface area contributed by atoms with Gasteiger partial charge >= 0.3 is 16.8 Å². The van der Waals surface area contributed by atoms with E-state index in [1.54, 1.807) is 0 Å². The maximum absolute atomic E-state index is 11.9. The predicted octanol–water partition coefficient (Wildman–Crippen LogP) is 12.0. The van der Waals surface area contributed by atoms with E-state index >= 15 is 0 Å². The van der Waals surface area contributed by atoms with Gasteiger partial charge in [-0.2, -0.15) is 0 Å². The summed E-state index contributed by atoms with van der Waals surface area (Å²) in [6.07, 6.45) is 41.9. The van der Waals surface area contributed by atoms with Crippen LogP contribution in [0.4, 0.5) is 0 Å². The molecule has 0 aliphatic heterocycles. The third kappa shape index (κ3) is 40.3. The van der Waals surface area contributed by atoms with E-state index in [1.807, 2.05) is 0 Å². The van der Waals surface area contributed by atoms with Crippen molar-refractivity contribution in [3.8, 4) is 0 Å². The number of Topliss-reactive ketones (excluding diaryl/α,β-unsaturated/α-hetero) is 2. The number of rotatable bonds is 40. The minimum absolute atomic E-state index is 0. The second kappa shape index (κ2) is 45.2. The molecular formula is C46H86CoO6. The predicted molar refractivity (Wildman–Crippen MR) is 216 cm³/mol. The molecule has 53 heavy (non-hydrogen) atoms. The Morgan fingerprint density at radius 3 is 0.604 bits per heavy atom. The molecule has 0 aliphatic carbocycles. The van der Waals surface area contributed by atoms with E-state index < -0.39 is 23.5 Å². The van der Waals surface area contributed by atoms with E-state index in [2.05, 4.69) is 27.7 Å². The quantitative estimate of drug-likeness (QED) is 0.0451. The molecule has 0 spiro atoms. The van der Waals surface area contributed by atoms with Gasteiger partial charge < -0.3 is 19.8 Å². The molecule has 0 atom stereocenters. The Hall–Kier alpha value is -1.21. The van der Waals surface area contributed by atoms with Gasteiger partial charge in [0.2, 0.25) is 0 Å². The van der Waals surface area contributed by atoms with E-state index in [9.17, 15) is 29.4 Å². The molecule has 1 radical (unpaired) electrons. The van der Waals surface area contributed by atoms with Crippen LogP contribution in [0.25, 0.3) is 0 Å². The van der Waals surface area contributed by atoms with Gasteiger partial charge in [-0.05, 0) is 25.7 Å². The smallest absolute Gasteiger partial charge is 0.542 e. The van der Waals surface area contributed by atoms with Crippen LogP contribution >= 0.6 is 0 Å². The zero-order chi connectivity index (χ0) is 38.9. The maximum atomic E-state index is 11.9. The summed E-state index contributed by atoms with van der Waals surface area (Å²) in [7, 11) is 0. The summed E-state index contributed by atoms with van der Waals surface area (Å²) in [6, 6.07) is 0. The number of carbonyl (C=O) groups is 4. The molecule has 0 saturated heterocycles. The van der Waals surface area contributed by atoms with Gasteiger partial charge in [-0.1, -0.05) is 233 Å². The number of aliphatic carboxylic acids is 2. The van der Waals surface area contributed by atoms with Crippen LogP contribution in [0.2, 0.25) is 0 Å². The summed E-state index contributed by atoms with van der Waals surface area (Å²) in [5.41, 5.74) is 0. The summed E-state index contributed by atoms with van der Waals surface area (Å²) >= 11 is 0. The molecule has 6 nitrogen and oxygen atoms in total. The summed E-state index contributed by atoms with van der Waals surface area (Å²) in [6.45, 7) is 8.89. The van der Waals surface area contributed by atoms with Crippen molar-refractivity contribution in [3.05, 3.63) is 0 Å². The van der Waals surface area contributed by atoms with Crippen LogP contribution < -0.4 is 10.2 Å². The number of carboxylic acid groups (broad SMARTS) is 2. The molecule has 0 fully saturated rings. The number of unbranched alkanes of at least 4 members (excludes halogenated alkanes) is 28. The normalized spacial score (nSPS) is 11.0. The molecule has 0 amide bonds. The Bertz CT molecular complexity index is 710. The first-order chi connectivity index (χ1) is 25.3. The molecule has 315 valence electrons. The van der Waals surface area contributed by atoms with Gasteiger partial charge in [0.15, 0.2) is 11.6 Å². The van der Waals surface area contributed by atoms with Crippen LogP contribution in [0.15, 0.2) is 0 Å². The molecule has 0 saturated carbocycles. The van der Waals surface area contributed by atoms with Crippen LogP contribution in [0, 0.1) is 11.8 Å². The fourth-order valence-corrected chi connectivity index (χ4v) is 7.24. The van der Waals surface area contributed by atoms with Crippen LogP contribution in [0.5, 0.6) is 0 Å². The van der Waals surface area contributed by atoms with Crippen molar-refractivity contribution in [2.75, 3.05) is 0 Å². The monoisotopic (exact) mass is 794 g/mol. The fourth-order valence-electron chi connectivity index (χ4n) is 7.24. The molecule has 0 N–H and O–H groups in total. The zero-order valence-corrected chi connectivity index (χ0v) is 36.4. The Morgan fingerprint density at radius 1 is 0.302 bits per heavy atom. The standard InChI is InChI=1S/2C23H44O3.Co/c2*1-3-5-7-9-11-13-15-17-19-21(22(24)23(25)26)20-18-16-14-12-10-8-6-4-2;/h2*21H,3-20H2,1-2H3,(H,25,26);/q;;+2/p-2. The number of hydrogen-bond donors (Lipinski definition) is 0. The SMILES string of the molecule is CCCCCCCCCCC(CCCCCCCCCC)C(=O)C(=O)[O-].CCCCCCCCCCC(CCCCCCCCCC)C(=O)C(=O)[O-].[Co+2]. The molecular weight excluding hydrogens is 707 g/mol. The second-order valence-electron chi connectivity index (χ2n) is 15.8. The molecule has 0 aromatic heterocycles. The maximum Gasteiger partial charge on any atom is 2.00 e. The summed E-state index contributed by atoms with van der Waals surface area (Å²) < 4.78 is 0. The minimum Gasteiger partial charge on any atom is -0.542 e. The van der Waals surface area contributed by atoms with Gasteiger partial charge in [-0.25, -0.2) is 0 Å². The van der Waals surface area contributed by atoms with Crippen molar-refractivity contribution in [1.29, 1.82) is 0 Å². The molecule has 0 aromatic carbocycles. The summed E-state index contributed by atoms with van der Waals surface area (Å²) in [4.78, 5) is 45.6. The Morgan fingerprint density at radius 2 is 0.453 bits per heavy atom. The third-order valence-electron chi connectivity index (χ3n) is 10.8. The average Bonchev–Trinajstić information content (AvgIpc) is 3.13. The number of carbonyl (C=O) groups excluding carboxylic acids is 4. The van der Waals surface area contributed by atoms with E-state index in [-0.39, 0.29) is 28.6 Å². The molecule has 0 aliphatic rings. The van der Waals surface area contributed by atoms with Crippen LogP contribution in [0.1, 0.15) is 259 Å². The number of hydrogen-bond acceptors (Lipinski definition) is 6. The minimum atomic E-state index is -1.49. The third-order valence-corrected chi connectivity index (χ3v) is 10.8. The van der Waals surface area contributed by atoms with Gasteiger partial charge in [0.05, 0.1) is 0 Å². The van der Waals surface area contributed by atoms with E-state index in [1.165, 1.54) is 154 Å². The number of ketones is 2. The van der Waals surface area contributed by atoms with Crippen molar-refractivity contribution >= 4 is 23.5 Å². The van der Waals surface area contributed by atoms with E-state index in [4.69, 9.17) is 0 Å². The van der Waals surface area contributed by atoms with Crippen molar-refractivity contribution in [1.82, 2.24) is 0 Å². The Labute approximate surface area is 339 Å².